The molecule has 0 saturated carbocycles. The lowest BCUT2D eigenvalue weighted by Crippen LogP contribution is -2.69. The van der Waals surface area contributed by atoms with E-state index in [9.17, 15) is 0 Å². The summed E-state index contributed by atoms with van der Waals surface area (Å²) in [4.78, 5) is 0. The zero-order valence-electron chi connectivity index (χ0n) is 13.5. The monoisotopic (exact) mass is 368 g/mol. The smallest absolute Gasteiger partial charge is 0.290 e. The number of hydrogen-bond donors (Lipinski definition) is 0. The SMILES string of the molecule is P[SiH2]OCO[Si](c1ccccc1)(c1ccccc1)c1ccccc1. The van der Waals surface area contributed by atoms with E-state index >= 15 is 0 Å². The van der Waals surface area contributed by atoms with Crippen molar-refractivity contribution in [3.05, 3.63) is 91.0 Å². The van der Waals surface area contributed by atoms with Gasteiger partial charge >= 0.3 is 0 Å². The van der Waals surface area contributed by atoms with E-state index in [0.29, 0.717) is 6.79 Å². The summed E-state index contributed by atoms with van der Waals surface area (Å²) in [6.45, 7) is 0.334. The van der Waals surface area contributed by atoms with Crippen molar-refractivity contribution in [2.24, 2.45) is 0 Å². The normalized spacial score (nSPS) is 11.9. The first-order valence-electron chi connectivity index (χ1n) is 7.96. The lowest BCUT2D eigenvalue weighted by molar-refractivity contribution is 0.128. The van der Waals surface area contributed by atoms with E-state index in [4.69, 9.17) is 8.85 Å². The highest BCUT2D eigenvalue weighted by Crippen LogP contribution is 2.10. The van der Waals surface area contributed by atoms with E-state index in [0.717, 1.165) is 0 Å². The Bertz CT molecular complexity index is 642. The zero-order chi connectivity index (χ0) is 16.7. The fourth-order valence-electron chi connectivity index (χ4n) is 2.95. The maximum Gasteiger partial charge on any atom is 0.290 e. The van der Waals surface area contributed by atoms with Gasteiger partial charge in [0, 0.05) is 0 Å². The number of rotatable bonds is 7. The Balaban J connectivity index is 2.20. The van der Waals surface area contributed by atoms with Crippen LogP contribution in [0.2, 0.25) is 0 Å². The predicted octanol–water partition coefficient (Wildman–Crippen LogP) is 1.52. The average molecular weight is 369 g/mol. The lowest BCUT2D eigenvalue weighted by Gasteiger charge is -2.32. The van der Waals surface area contributed by atoms with Gasteiger partial charge in [-0.05, 0) is 15.6 Å². The molecule has 122 valence electrons. The minimum Gasteiger partial charge on any atom is -0.398 e. The molecule has 0 spiro atoms. The lowest BCUT2D eigenvalue weighted by atomic mass is 10.3. The van der Waals surface area contributed by atoms with Gasteiger partial charge in [0.1, 0.15) is 6.79 Å². The molecule has 0 radical (unpaired) electrons. The third-order valence-corrected chi connectivity index (χ3v) is 9.12. The van der Waals surface area contributed by atoms with E-state index in [1.807, 2.05) is 18.2 Å². The van der Waals surface area contributed by atoms with Crippen molar-refractivity contribution in [1.29, 1.82) is 0 Å². The van der Waals surface area contributed by atoms with Crippen LogP contribution in [0.15, 0.2) is 91.0 Å². The molecular weight excluding hydrogens is 347 g/mol. The fourth-order valence-corrected chi connectivity index (χ4v) is 7.33. The Kier molecular flexibility index (Phi) is 6.13. The van der Waals surface area contributed by atoms with Crippen molar-refractivity contribution in [1.82, 2.24) is 0 Å². The van der Waals surface area contributed by atoms with Crippen molar-refractivity contribution in [2.75, 3.05) is 6.79 Å². The second-order valence-corrected chi connectivity index (χ2v) is 10.5. The van der Waals surface area contributed by atoms with Gasteiger partial charge in [-0.15, -0.1) is 8.79 Å². The Labute approximate surface area is 149 Å². The highest BCUT2D eigenvalue weighted by Gasteiger charge is 2.41. The third-order valence-electron chi connectivity index (χ3n) is 4.02. The molecule has 0 saturated heterocycles. The van der Waals surface area contributed by atoms with Crippen molar-refractivity contribution in [3.63, 3.8) is 0 Å². The van der Waals surface area contributed by atoms with Gasteiger partial charge in [0.25, 0.3) is 8.32 Å². The van der Waals surface area contributed by atoms with Gasteiger partial charge < -0.3 is 8.85 Å². The van der Waals surface area contributed by atoms with E-state index < -0.39 is 17.7 Å². The summed E-state index contributed by atoms with van der Waals surface area (Å²) in [7, 11) is -0.445. The summed E-state index contributed by atoms with van der Waals surface area (Å²) in [6, 6.07) is 31.7. The molecule has 2 nitrogen and oxygen atoms in total. The van der Waals surface area contributed by atoms with Crippen LogP contribution >= 0.6 is 8.79 Å². The van der Waals surface area contributed by atoms with Crippen LogP contribution in [0, 0.1) is 0 Å². The van der Waals surface area contributed by atoms with Crippen molar-refractivity contribution < 1.29 is 8.85 Å². The minimum absolute atomic E-state index is 0.334. The zero-order valence-corrected chi connectivity index (χ0v) is 17.0. The largest absolute Gasteiger partial charge is 0.398 e. The molecule has 0 heterocycles. The Morgan fingerprint density at radius 3 is 1.38 bits per heavy atom. The summed E-state index contributed by atoms with van der Waals surface area (Å²) in [5.41, 5.74) is 0. The van der Waals surface area contributed by atoms with Crippen LogP contribution in [0.3, 0.4) is 0 Å². The first kappa shape index (κ1) is 17.3. The molecule has 0 amide bonds. The molecule has 0 aliphatic heterocycles. The minimum atomic E-state index is -2.57. The molecule has 3 rings (SSSR count). The standard InChI is InChI=1S/C19H21O2PSi2/c22-23-20-16-21-24(17-10-4-1-5-11-17,18-12-6-2-7-13-18)19-14-8-3-9-15-19/h1-15H,16,22-23H2. The fraction of sp³-hybridized carbons (Fsp3) is 0.0526. The van der Waals surface area contributed by atoms with Crippen LogP contribution in [0.5, 0.6) is 0 Å². The highest BCUT2D eigenvalue weighted by atomic mass is 31.3. The molecule has 24 heavy (non-hydrogen) atoms. The number of benzene rings is 3. The second-order valence-electron chi connectivity index (χ2n) is 5.41. The van der Waals surface area contributed by atoms with Gasteiger partial charge in [-0.3, -0.25) is 0 Å². The molecule has 0 aliphatic carbocycles. The topological polar surface area (TPSA) is 18.5 Å². The van der Waals surface area contributed by atoms with E-state index in [-0.39, 0.29) is 0 Å². The van der Waals surface area contributed by atoms with E-state index in [1.165, 1.54) is 15.6 Å². The maximum absolute atomic E-state index is 6.57. The summed E-state index contributed by atoms with van der Waals surface area (Å²) >= 11 is 0. The third kappa shape index (κ3) is 3.58. The van der Waals surface area contributed by atoms with Gasteiger partial charge in [-0.25, -0.2) is 0 Å². The molecular formula is C19H21O2PSi2. The summed E-state index contributed by atoms with van der Waals surface area (Å²) < 4.78 is 12.2. The van der Waals surface area contributed by atoms with E-state index in [2.05, 4.69) is 81.6 Å². The molecule has 0 bridgehead atoms. The second kappa shape index (κ2) is 8.51. The van der Waals surface area contributed by atoms with Gasteiger partial charge in [0.2, 0.25) is 0 Å². The van der Waals surface area contributed by atoms with Crippen molar-refractivity contribution in [2.45, 2.75) is 0 Å². The van der Waals surface area contributed by atoms with Crippen LogP contribution in [-0.4, -0.2) is 24.5 Å². The Morgan fingerprint density at radius 2 is 1.04 bits per heavy atom. The molecule has 0 aromatic heterocycles. The van der Waals surface area contributed by atoms with Crippen LogP contribution in [0.25, 0.3) is 0 Å². The maximum atomic E-state index is 6.57. The molecule has 3 aromatic carbocycles. The quantitative estimate of drug-likeness (QED) is 0.207. The van der Waals surface area contributed by atoms with Crippen LogP contribution < -0.4 is 15.6 Å². The van der Waals surface area contributed by atoms with Gasteiger partial charge in [0.15, 0.2) is 9.43 Å². The Hall–Kier alpha value is -1.56. The molecule has 0 aliphatic rings. The first-order valence-corrected chi connectivity index (χ1v) is 13.7. The molecule has 3 aromatic rings. The van der Waals surface area contributed by atoms with Crippen molar-refractivity contribution >= 4 is 42.1 Å². The van der Waals surface area contributed by atoms with Crippen LogP contribution in [0.1, 0.15) is 0 Å². The van der Waals surface area contributed by atoms with Gasteiger partial charge in [-0.1, -0.05) is 91.0 Å². The van der Waals surface area contributed by atoms with Gasteiger partial charge in [-0.2, -0.15) is 0 Å². The summed E-state index contributed by atoms with van der Waals surface area (Å²) in [5, 5.41) is 3.70. The Morgan fingerprint density at radius 1 is 0.667 bits per heavy atom. The highest BCUT2D eigenvalue weighted by molar-refractivity contribution is 7.54. The molecule has 0 N–H and O–H groups in total. The number of hydrogen-bond acceptors (Lipinski definition) is 2. The van der Waals surface area contributed by atoms with Gasteiger partial charge in [0.05, 0.1) is 0 Å². The van der Waals surface area contributed by atoms with Crippen LogP contribution in [-0.2, 0) is 8.85 Å². The molecule has 5 heteroatoms. The molecule has 1 unspecified atom stereocenters. The van der Waals surface area contributed by atoms with Crippen LogP contribution in [0.4, 0.5) is 0 Å². The molecule has 0 fully saturated rings. The first-order chi connectivity index (χ1) is 11.9. The summed E-state index contributed by atoms with van der Waals surface area (Å²) in [6.07, 6.45) is 0. The van der Waals surface area contributed by atoms with E-state index in [1.54, 1.807) is 0 Å². The molecule has 1 atom stereocenters. The predicted molar refractivity (Wildman–Crippen MR) is 109 cm³/mol. The summed E-state index contributed by atoms with van der Waals surface area (Å²) in [5.74, 6) is 0. The van der Waals surface area contributed by atoms with Crippen molar-refractivity contribution in [3.8, 4) is 0 Å². The average Bonchev–Trinajstić information content (AvgIpc) is 2.68.